The Hall–Kier alpha value is -0.770. The SMILES string of the molecule is CCN(CCC1(CN)CC1)C(=O)OC(C)(C)C. The molecular formula is C13H26N2O2. The molecule has 0 aromatic rings. The number of ether oxygens (including phenoxy) is 1. The van der Waals surface area contributed by atoms with Gasteiger partial charge in [0.25, 0.3) is 0 Å². The normalized spacial score (nSPS) is 17.7. The monoisotopic (exact) mass is 242 g/mol. The van der Waals surface area contributed by atoms with Crippen LogP contribution in [0, 0.1) is 5.41 Å². The molecule has 17 heavy (non-hydrogen) atoms. The molecule has 4 heteroatoms. The molecule has 0 heterocycles. The molecule has 0 radical (unpaired) electrons. The molecule has 100 valence electrons. The van der Waals surface area contributed by atoms with E-state index in [9.17, 15) is 4.79 Å². The molecule has 1 aliphatic rings. The number of hydrogen-bond acceptors (Lipinski definition) is 3. The van der Waals surface area contributed by atoms with E-state index in [1.54, 1.807) is 4.90 Å². The standard InChI is InChI=1S/C13H26N2O2/c1-5-15(11(16)17-12(2,3)4)9-8-13(10-14)6-7-13/h5-10,14H2,1-4H3. The summed E-state index contributed by atoms with van der Waals surface area (Å²) in [7, 11) is 0. The van der Waals surface area contributed by atoms with Gasteiger partial charge in [0.1, 0.15) is 5.60 Å². The molecule has 0 unspecified atom stereocenters. The van der Waals surface area contributed by atoms with Crippen LogP contribution in [0.1, 0.15) is 47.0 Å². The van der Waals surface area contributed by atoms with Crippen molar-refractivity contribution in [3.8, 4) is 0 Å². The van der Waals surface area contributed by atoms with Crippen LogP contribution in [0.4, 0.5) is 4.79 Å². The van der Waals surface area contributed by atoms with Crippen LogP contribution in [-0.4, -0.2) is 36.2 Å². The van der Waals surface area contributed by atoms with Gasteiger partial charge in [-0.3, -0.25) is 0 Å². The minimum Gasteiger partial charge on any atom is -0.444 e. The van der Waals surface area contributed by atoms with Crippen molar-refractivity contribution in [3.63, 3.8) is 0 Å². The average Bonchev–Trinajstić information content (AvgIpc) is 2.97. The van der Waals surface area contributed by atoms with E-state index in [1.165, 1.54) is 12.8 Å². The van der Waals surface area contributed by atoms with Gasteiger partial charge in [0.05, 0.1) is 0 Å². The molecule has 0 saturated heterocycles. The van der Waals surface area contributed by atoms with Crippen molar-refractivity contribution in [2.24, 2.45) is 11.1 Å². The van der Waals surface area contributed by atoms with Crippen molar-refractivity contribution in [2.45, 2.75) is 52.6 Å². The van der Waals surface area contributed by atoms with Crippen LogP contribution in [0.15, 0.2) is 0 Å². The Kier molecular flexibility index (Phi) is 4.42. The second-order valence-electron chi connectivity index (χ2n) is 6.01. The van der Waals surface area contributed by atoms with Gasteiger partial charge in [0, 0.05) is 13.1 Å². The Labute approximate surface area is 104 Å². The van der Waals surface area contributed by atoms with Crippen LogP contribution in [-0.2, 0) is 4.74 Å². The number of carbonyl (C=O) groups excluding carboxylic acids is 1. The number of hydrogen-bond donors (Lipinski definition) is 1. The van der Waals surface area contributed by atoms with Crippen LogP contribution >= 0.6 is 0 Å². The zero-order valence-corrected chi connectivity index (χ0v) is 11.6. The molecule has 0 atom stereocenters. The number of nitrogens with zero attached hydrogens (tertiary/aromatic N) is 1. The lowest BCUT2D eigenvalue weighted by atomic mass is 10.0. The van der Waals surface area contributed by atoms with E-state index in [0.29, 0.717) is 12.0 Å². The van der Waals surface area contributed by atoms with Gasteiger partial charge in [-0.2, -0.15) is 0 Å². The third-order valence-corrected chi connectivity index (χ3v) is 3.34. The van der Waals surface area contributed by atoms with Gasteiger partial charge in [0.15, 0.2) is 0 Å². The summed E-state index contributed by atoms with van der Waals surface area (Å²) < 4.78 is 5.37. The maximum atomic E-state index is 11.9. The Morgan fingerprint density at radius 1 is 1.41 bits per heavy atom. The van der Waals surface area contributed by atoms with Crippen molar-refractivity contribution in [1.82, 2.24) is 4.90 Å². The molecule has 2 N–H and O–H groups in total. The Balaban J connectivity index is 2.40. The average molecular weight is 242 g/mol. The Bertz CT molecular complexity index is 267. The summed E-state index contributed by atoms with van der Waals surface area (Å²) in [6, 6.07) is 0. The first-order chi connectivity index (χ1) is 7.82. The van der Waals surface area contributed by atoms with Crippen molar-refractivity contribution >= 4 is 6.09 Å². The number of carbonyl (C=O) groups is 1. The Morgan fingerprint density at radius 3 is 2.35 bits per heavy atom. The number of amides is 1. The summed E-state index contributed by atoms with van der Waals surface area (Å²) in [4.78, 5) is 13.7. The highest BCUT2D eigenvalue weighted by molar-refractivity contribution is 5.68. The fourth-order valence-electron chi connectivity index (χ4n) is 1.81. The highest BCUT2D eigenvalue weighted by Gasteiger charge is 2.41. The molecule has 0 bridgehead atoms. The van der Waals surface area contributed by atoms with Crippen molar-refractivity contribution in [3.05, 3.63) is 0 Å². The fraction of sp³-hybridized carbons (Fsp3) is 0.923. The van der Waals surface area contributed by atoms with Gasteiger partial charge < -0.3 is 15.4 Å². The van der Waals surface area contributed by atoms with Gasteiger partial charge in [0.2, 0.25) is 0 Å². The minimum atomic E-state index is -0.421. The van der Waals surface area contributed by atoms with E-state index >= 15 is 0 Å². The molecule has 0 aliphatic heterocycles. The predicted octanol–water partition coefficient (Wildman–Crippen LogP) is 2.37. The van der Waals surface area contributed by atoms with E-state index in [0.717, 1.165) is 19.5 Å². The topological polar surface area (TPSA) is 55.6 Å². The van der Waals surface area contributed by atoms with E-state index < -0.39 is 5.60 Å². The van der Waals surface area contributed by atoms with E-state index in [4.69, 9.17) is 10.5 Å². The molecule has 1 saturated carbocycles. The smallest absolute Gasteiger partial charge is 0.410 e. The lowest BCUT2D eigenvalue weighted by molar-refractivity contribution is 0.0249. The summed E-state index contributed by atoms with van der Waals surface area (Å²) in [6.45, 7) is 9.83. The van der Waals surface area contributed by atoms with Crippen LogP contribution in [0.25, 0.3) is 0 Å². The van der Waals surface area contributed by atoms with Crippen LogP contribution in [0.2, 0.25) is 0 Å². The minimum absolute atomic E-state index is 0.215. The fourth-order valence-corrected chi connectivity index (χ4v) is 1.81. The van der Waals surface area contributed by atoms with Gasteiger partial charge in [-0.1, -0.05) is 0 Å². The maximum Gasteiger partial charge on any atom is 0.410 e. The predicted molar refractivity (Wildman–Crippen MR) is 68.8 cm³/mol. The molecule has 0 spiro atoms. The van der Waals surface area contributed by atoms with E-state index in [-0.39, 0.29) is 6.09 Å². The van der Waals surface area contributed by atoms with Gasteiger partial charge in [-0.05, 0) is 58.9 Å². The summed E-state index contributed by atoms with van der Waals surface area (Å²) >= 11 is 0. The zero-order chi connectivity index (χ0) is 13.1. The van der Waals surface area contributed by atoms with Crippen molar-refractivity contribution in [2.75, 3.05) is 19.6 Å². The molecule has 0 aromatic heterocycles. The second-order valence-corrected chi connectivity index (χ2v) is 6.01. The van der Waals surface area contributed by atoms with Crippen LogP contribution in [0.5, 0.6) is 0 Å². The molecule has 1 amide bonds. The molecule has 1 aliphatic carbocycles. The third kappa shape index (κ3) is 4.54. The highest BCUT2D eigenvalue weighted by Crippen LogP contribution is 2.47. The highest BCUT2D eigenvalue weighted by atomic mass is 16.6. The number of nitrogens with two attached hydrogens (primary N) is 1. The molecular weight excluding hydrogens is 216 g/mol. The first-order valence-corrected chi connectivity index (χ1v) is 6.50. The van der Waals surface area contributed by atoms with Crippen molar-refractivity contribution < 1.29 is 9.53 Å². The summed E-state index contributed by atoms with van der Waals surface area (Å²) in [5, 5.41) is 0. The third-order valence-electron chi connectivity index (χ3n) is 3.34. The maximum absolute atomic E-state index is 11.9. The van der Waals surface area contributed by atoms with Gasteiger partial charge in [-0.25, -0.2) is 4.79 Å². The zero-order valence-electron chi connectivity index (χ0n) is 11.6. The summed E-state index contributed by atoms with van der Waals surface area (Å²) in [5.41, 5.74) is 5.63. The summed E-state index contributed by atoms with van der Waals surface area (Å²) in [6.07, 6.45) is 3.19. The molecule has 1 fully saturated rings. The van der Waals surface area contributed by atoms with E-state index in [1.807, 2.05) is 27.7 Å². The first-order valence-electron chi connectivity index (χ1n) is 6.50. The van der Waals surface area contributed by atoms with Crippen molar-refractivity contribution in [1.29, 1.82) is 0 Å². The largest absolute Gasteiger partial charge is 0.444 e. The Morgan fingerprint density at radius 2 is 2.00 bits per heavy atom. The van der Waals surface area contributed by atoms with E-state index in [2.05, 4.69) is 0 Å². The first kappa shape index (κ1) is 14.3. The van der Waals surface area contributed by atoms with Crippen LogP contribution < -0.4 is 5.73 Å². The second kappa shape index (κ2) is 5.25. The molecule has 0 aromatic carbocycles. The quantitative estimate of drug-likeness (QED) is 0.805. The van der Waals surface area contributed by atoms with Crippen LogP contribution in [0.3, 0.4) is 0 Å². The van der Waals surface area contributed by atoms with Gasteiger partial charge in [-0.15, -0.1) is 0 Å². The summed E-state index contributed by atoms with van der Waals surface area (Å²) in [5.74, 6) is 0. The molecule has 1 rings (SSSR count). The lowest BCUT2D eigenvalue weighted by Crippen LogP contribution is -2.38. The number of rotatable bonds is 5. The van der Waals surface area contributed by atoms with Gasteiger partial charge >= 0.3 is 6.09 Å². The molecule has 4 nitrogen and oxygen atoms in total. The lowest BCUT2D eigenvalue weighted by Gasteiger charge is -2.27.